The molecule has 74 valence electrons. The standard InChI is InChI=1S/C11H20N2/c1-7(2)13-4-3-8-9-5-10(9)12-11(8)6-13/h7-12H,3-6H2,1-2H3. The quantitative estimate of drug-likeness (QED) is 0.649. The minimum Gasteiger partial charge on any atom is -0.309 e. The van der Waals surface area contributed by atoms with Crippen LogP contribution in [0.5, 0.6) is 0 Å². The highest BCUT2D eigenvalue weighted by Crippen LogP contribution is 2.48. The molecular formula is C11H20N2. The predicted octanol–water partition coefficient (Wildman–Crippen LogP) is 1.08. The molecule has 3 aliphatic rings. The largest absolute Gasteiger partial charge is 0.309 e. The molecule has 1 N–H and O–H groups in total. The molecule has 0 bridgehead atoms. The maximum Gasteiger partial charge on any atom is 0.0229 e. The smallest absolute Gasteiger partial charge is 0.0229 e. The van der Waals surface area contributed by atoms with Crippen LogP contribution >= 0.6 is 0 Å². The van der Waals surface area contributed by atoms with E-state index in [0.717, 1.165) is 30.0 Å². The molecule has 4 unspecified atom stereocenters. The Kier molecular flexibility index (Phi) is 1.72. The van der Waals surface area contributed by atoms with Gasteiger partial charge in [0.05, 0.1) is 0 Å². The fourth-order valence-electron chi connectivity index (χ4n) is 3.31. The Bertz CT molecular complexity index is 214. The fourth-order valence-corrected chi connectivity index (χ4v) is 3.31. The number of fused-ring (bicyclic) bond motifs is 3. The summed E-state index contributed by atoms with van der Waals surface area (Å²) in [4.78, 5) is 2.62. The average molecular weight is 180 g/mol. The van der Waals surface area contributed by atoms with E-state index in [1.165, 1.54) is 25.9 Å². The van der Waals surface area contributed by atoms with E-state index >= 15 is 0 Å². The van der Waals surface area contributed by atoms with Crippen LogP contribution in [0.15, 0.2) is 0 Å². The van der Waals surface area contributed by atoms with Gasteiger partial charge in [-0.05, 0) is 45.1 Å². The Morgan fingerprint density at radius 2 is 2.08 bits per heavy atom. The normalized spacial score (nSPS) is 49.2. The van der Waals surface area contributed by atoms with Gasteiger partial charge in [-0.2, -0.15) is 0 Å². The molecule has 3 fully saturated rings. The van der Waals surface area contributed by atoms with Gasteiger partial charge in [-0.25, -0.2) is 0 Å². The molecule has 0 aromatic carbocycles. The van der Waals surface area contributed by atoms with Gasteiger partial charge in [0.25, 0.3) is 0 Å². The lowest BCUT2D eigenvalue weighted by Gasteiger charge is -2.38. The number of piperidine rings is 2. The second-order valence-electron chi connectivity index (χ2n) is 5.32. The molecule has 0 spiro atoms. The van der Waals surface area contributed by atoms with Gasteiger partial charge in [-0.3, -0.25) is 4.90 Å². The summed E-state index contributed by atoms with van der Waals surface area (Å²) >= 11 is 0. The Morgan fingerprint density at radius 1 is 1.23 bits per heavy atom. The molecule has 1 aliphatic carbocycles. The van der Waals surface area contributed by atoms with Crippen LogP contribution < -0.4 is 5.32 Å². The van der Waals surface area contributed by atoms with Gasteiger partial charge in [0.1, 0.15) is 0 Å². The third-order valence-corrected chi connectivity index (χ3v) is 4.25. The summed E-state index contributed by atoms with van der Waals surface area (Å²) in [6.07, 6.45) is 2.92. The van der Waals surface area contributed by atoms with E-state index in [9.17, 15) is 0 Å². The summed E-state index contributed by atoms with van der Waals surface area (Å²) in [5.74, 6) is 2.10. The van der Waals surface area contributed by atoms with Crippen molar-refractivity contribution in [3.63, 3.8) is 0 Å². The molecule has 0 aromatic rings. The molecule has 0 aromatic heterocycles. The maximum atomic E-state index is 3.77. The number of rotatable bonds is 1. The van der Waals surface area contributed by atoms with Gasteiger partial charge in [-0.15, -0.1) is 0 Å². The Labute approximate surface area is 80.7 Å². The van der Waals surface area contributed by atoms with Crippen LogP contribution in [0.3, 0.4) is 0 Å². The highest BCUT2D eigenvalue weighted by molar-refractivity contribution is 5.10. The SMILES string of the molecule is CC(C)N1CCC2C(C1)NC1CC12. The van der Waals surface area contributed by atoms with Crippen molar-refractivity contribution in [2.24, 2.45) is 11.8 Å². The third-order valence-electron chi connectivity index (χ3n) is 4.25. The van der Waals surface area contributed by atoms with Crippen LogP contribution in [-0.4, -0.2) is 36.1 Å². The van der Waals surface area contributed by atoms with Crippen molar-refractivity contribution in [3.05, 3.63) is 0 Å². The minimum absolute atomic E-state index is 0.736. The molecule has 2 aliphatic heterocycles. The van der Waals surface area contributed by atoms with Crippen LogP contribution in [0.4, 0.5) is 0 Å². The number of nitrogens with zero attached hydrogens (tertiary/aromatic N) is 1. The van der Waals surface area contributed by atoms with E-state index in [0.29, 0.717) is 0 Å². The Balaban J connectivity index is 1.67. The molecule has 13 heavy (non-hydrogen) atoms. The summed E-state index contributed by atoms with van der Waals surface area (Å²) in [7, 11) is 0. The number of hydrogen-bond donors (Lipinski definition) is 1. The van der Waals surface area contributed by atoms with Crippen molar-refractivity contribution < 1.29 is 0 Å². The van der Waals surface area contributed by atoms with Crippen LogP contribution in [0, 0.1) is 11.8 Å². The van der Waals surface area contributed by atoms with Gasteiger partial charge in [-0.1, -0.05) is 0 Å². The van der Waals surface area contributed by atoms with Gasteiger partial charge in [0.2, 0.25) is 0 Å². The summed E-state index contributed by atoms with van der Waals surface area (Å²) in [6.45, 7) is 7.27. The molecule has 0 amide bonds. The molecular weight excluding hydrogens is 160 g/mol. The fraction of sp³-hybridized carbons (Fsp3) is 1.00. The summed E-state index contributed by atoms with van der Waals surface area (Å²) < 4.78 is 0. The summed E-state index contributed by atoms with van der Waals surface area (Å²) in [5, 5.41) is 3.77. The molecule has 1 saturated carbocycles. The molecule has 2 saturated heterocycles. The number of nitrogens with one attached hydrogen (secondary N) is 1. The second kappa shape index (κ2) is 2.71. The van der Waals surface area contributed by atoms with Gasteiger partial charge in [0.15, 0.2) is 0 Å². The van der Waals surface area contributed by atoms with Gasteiger partial charge >= 0.3 is 0 Å². The molecule has 4 atom stereocenters. The minimum atomic E-state index is 0.736. The van der Waals surface area contributed by atoms with Crippen LogP contribution in [0.25, 0.3) is 0 Å². The van der Waals surface area contributed by atoms with Crippen LogP contribution in [-0.2, 0) is 0 Å². The van der Waals surface area contributed by atoms with Gasteiger partial charge in [0, 0.05) is 24.7 Å². The second-order valence-corrected chi connectivity index (χ2v) is 5.32. The first kappa shape index (κ1) is 8.25. The van der Waals surface area contributed by atoms with E-state index < -0.39 is 0 Å². The molecule has 2 heteroatoms. The maximum absolute atomic E-state index is 3.77. The van der Waals surface area contributed by atoms with Gasteiger partial charge < -0.3 is 5.32 Å². The lowest BCUT2D eigenvalue weighted by molar-refractivity contribution is 0.122. The summed E-state index contributed by atoms with van der Waals surface area (Å²) in [6, 6.07) is 2.49. The Morgan fingerprint density at radius 3 is 2.85 bits per heavy atom. The predicted molar refractivity (Wildman–Crippen MR) is 53.6 cm³/mol. The molecule has 2 nitrogen and oxygen atoms in total. The first-order valence-electron chi connectivity index (χ1n) is 5.76. The lowest BCUT2D eigenvalue weighted by atomic mass is 9.89. The third kappa shape index (κ3) is 1.23. The van der Waals surface area contributed by atoms with Crippen molar-refractivity contribution >= 4 is 0 Å². The van der Waals surface area contributed by atoms with Crippen LogP contribution in [0.1, 0.15) is 26.7 Å². The topological polar surface area (TPSA) is 15.3 Å². The average Bonchev–Trinajstić information content (AvgIpc) is 2.78. The highest BCUT2D eigenvalue weighted by Gasteiger charge is 2.54. The highest BCUT2D eigenvalue weighted by atomic mass is 15.2. The van der Waals surface area contributed by atoms with Crippen molar-refractivity contribution in [2.75, 3.05) is 13.1 Å². The molecule has 0 radical (unpaired) electrons. The first-order chi connectivity index (χ1) is 6.25. The van der Waals surface area contributed by atoms with Crippen molar-refractivity contribution in [1.29, 1.82) is 0 Å². The first-order valence-corrected chi connectivity index (χ1v) is 5.76. The van der Waals surface area contributed by atoms with E-state index in [2.05, 4.69) is 24.1 Å². The van der Waals surface area contributed by atoms with E-state index in [4.69, 9.17) is 0 Å². The van der Waals surface area contributed by atoms with E-state index in [1.54, 1.807) is 0 Å². The summed E-state index contributed by atoms with van der Waals surface area (Å²) in [5.41, 5.74) is 0. The van der Waals surface area contributed by atoms with Crippen molar-refractivity contribution in [2.45, 2.75) is 44.8 Å². The lowest BCUT2D eigenvalue weighted by Crippen LogP contribution is -2.50. The molecule has 3 rings (SSSR count). The monoisotopic (exact) mass is 180 g/mol. The zero-order chi connectivity index (χ0) is 9.00. The van der Waals surface area contributed by atoms with E-state index in [-0.39, 0.29) is 0 Å². The zero-order valence-corrected chi connectivity index (χ0v) is 8.66. The molecule has 2 heterocycles. The van der Waals surface area contributed by atoms with Crippen molar-refractivity contribution in [3.8, 4) is 0 Å². The number of likely N-dealkylation sites (tertiary alicyclic amines) is 1. The van der Waals surface area contributed by atoms with Crippen LogP contribution in [0.2, 0.25) is 0 Å². The Hall–Kier alpha value is -0.0800. The van der Waals surface area contributed by atoms with E-state index in [1.807, 2.05) is 0 Å². The number of hydrogen-bond acceptors (Lipinski definition) is 2. The zero-order valence-electron chi connectivity index (χ0n) is 8.66. The van der Waals surface area contributed by atoms with Crippen molar-refractivity contribution in [1.82, 2.24) is 10.2 Å².